The Bertz CT molecular complexity index is 999. The molecule has 0 saturated heterocycles. The summed E-state index contributed by atoms with van der Waals surface area (Å²) in [5, 5.41) is 20.1. The van der Waals surface area contributed by atoms with Gasteiger partial charge in [0.15, 0.2) is 6.10 Å². The molecule has 0 aliphatic heterocycles. The summed E-state index contributed by atoms with van der Waals surface area (Å²) in [4.78, 5) is 47.0. The molecule has 2 N–H and O–H groups in total. The quantitative estimate of drug-likeness (QED) is 0.395. The molecule has 2 aromatic rings. The van der Waals surface area contributed by atoms with Gasteiger partial charge in [-0.05, 0) is 33.8 Å². The van der Waals surface area contributed by atoms with Crippen molar-refractivity contribution in [1.82, 2.24) is 15.1 Å². The third-order valence-electron chi connectivity index (χ3n) is 4.44. The summed E-state index contributed by atoms with van der Waals surface area (Å²) < 4.78 is 6.75. The van der Waals surface area contributed by atoms with Crippen LogP contribution in [0.3, 0.4) is 0 Å². The minimum atomic E-state index is -1.12. The van der Waals surface area contributed by atoms with Crippen LogP contribution in [0, 0.1) is 24.0 Å². The summed E-state index contributed by atoms with van der Waals surface area (Å²) in [6.07, 6.45) is -1.12. The van der Waals surface area contributed by atoms with E-state index in [9.17, 15) is 24.5 Å². The van der Waals surface area contributed by atoms with E-state index >= 15 is 0 Å². The second-order valence-corrected chi connectivity index (χ2v) is 6.74. The third-order valence-corrected chi connectivity index (χ3v) is 4.44. The van der Waals surface area contributed by atoms with Gasteiger partial charge in [0, 0.05) is 24.7 Å². The Morgan fingerprint density at radius 3 is 2.47 bits per heavy atom. The molecule has 11 nitrogen and oxygen atoms in total. The highest BCUT2D eigenvalue weighted by Crippen LogP contribution is 2.19. The summed E-state index contributed by atoms with van der Waals surface area (Å²) >= 11 is 0. The largest absolute Gasteiger partial charge is 0.451 e. The number of ether oxygens (including phenoxy) is 1. The van der Waals surface area contributed by atoms with Gasteiger partial charge in [-0.3, -0.25) is 24.4 Å². The second-order valence-electron chi connectivity index (χ2n) is 6.74. The number of anilines is 1. The van der Waals surface area contributed by atoms with Crippen molar-refractivity contribution in [3.8, 4) is 0 Å². The van der Waals surface area contributed by atoms with E-state index in [-0.39, 0.29) is 11.3 Å². The number of amides is 2. The zero-order chi connectivity index (χ0) is 22.6. The molecular weight excluding hydrogens is 394 g/mol. The van der Waals surface area contributed by atoms with Crippen LogP contribution < -0.4 is 10.6 Å². The number of nitrogens with one attached hydrogen (secondary N) is 2. The van der Waals surface area contributed by atoms with Crippen molar-refractivity contribution in [2.45, 2.75) is 39.8 Å². The predicted octanol–water partition coefficient (Wildman–Crippen LogP) is 1.63. The first-order chi connectivity index (χ1) is 14.0. The molecule has 160 valence electrons. The summed E-state index contributed by atoms with van der Waals surface area (Å²) in [7, 11) is 1.74. The maximum Gasteiger partial charge on any atom is 0.329 e. The number of non-ortho nitro benzene ring substituents is 1. The molecule has 0 radical (unpaired) electrons. The number of esters is 1. The fourth-order valence-electron chi connectivity index (χ4n) is 2.61. The van der Waals surface area contributed by atoms with Gasteiger partial charge in [-0.25, -0.2) is 4.79 Å². The van der Waals surface area contributed by atoms with Crippen LogP contribution in [0.25, 0.3) is 0 Å². The molecular formula is C19H23N5O6. The van der Waals surface area contributed by atoms with Crippen LogP contribution in [0.5, 0.6) is 0 Å². The molecule has 1 unspecified atom stereocenters. The second kappa shape index (κ2) is 9.16. The van der Waals surface area contributed by atoms with Crippen LogP contribution in [-0.4, -0.2) is 44.6 Å². The van der Waals surface area contributed by atoms with Crippen LogP contribution in [0.15, 0.2) is 24.3 Å². The fourth-order valence-corrected chi connectivity index (χ4v) is 2.61. The number of aryl methyl sites for hydroxylation is 2. The van der Waals surface area contributed by atoms with Crippen LogP contribution in [0.1, 0.15) is 35.6 Å². The Labute approximate surface area is 172 Å². The topological polar surface area (TPSA) is 145 Å². The highest BCUT2D eigenvalue weighted by molar-refractivity contribution is 5.98. The highest BCUT2D eigenvalue weighted by Gasteiger charge is 2.25. The van der Waals surface area contributed by atoms with Gasteiger partial charge in [-0.2, -0.15) is 5.10 Å². The van der Waals surface area contributed by atoms with Gasteiger partial charge in [0.05, 0.1) is 22.0 Å². The summed E-state index contributed by atoms with van der Waals surface area (Å²) in [5.74, 6) is -2.04. The van der Waals surface area contributed by atoms with Gasteiger partial charge in [0.25, 0.3) is 17.5 Å². The predicted molar refractivity (Wildman–Crippen MR) is 107 cm³/mol. The SMILES string of the molecule is Cc1nn(C)c(C)c1NC(=O)C(C)OC(=O)[C@H](C)NC(=O)c1cccc([N+](=O)[O-])c1. The average molecular weight is 417 g/mol. The van der Waals surface area contributed by atoms with Crippen molar-refractivity contribution in [2.24, 2.45) is 7.05 Å². The lowest BCUT2D eigenvalue weighted by molar-refractivity contribution is -0.384. The van der Waals surface area contributed by atoms with E-state index in [1.54, 1.807) is 25.6 Å². The number of rotatable bonds is 7. The number of benzene rings is 1. The molecule has 0 bridgehead atoms. The lowest BCUT2D eigenvalue weighted by Gasteiger charge is -2.17. The van der Waals surface area contributed by atoms with Gasteiger partial charge < -0.3 is 15.4 Å². The molecule has 0 spiro atoms. The van der Waals surface area contributed by atoms with Crippen molar-refractivity contribution in [1.29, 1.82) is 0 Å². The van der Waals surface area contributed by atoms with Gasteiger partial charge in [0.2, 0.25) is 0 Å². The Hall–Kier alpha value is -3.76. The molecule has 1 aromatic heterocycles. The van der Waals surface area contributed by atoms with Gasteiger partial charge in [0.1, 0.15) is 6.04 Å². The molecule has 2 rings (SSSR count). The van der Waals surface area contributed by atoms with E-state index in [0.29, 0.717) is 11.4 Å². The first-order valence-corrected chi connectivity index (χ1v) is 9.08. The standard InChI is InChI=1S/C19H23N5O6/c1-10-16(12(3)23(5)22-10)21-17(25)13(4)30-19(27)11(2)20-18(26)14-7-6-8-15(9-14)24(28)29/h6-9,11,13H,1-5H3,(H,20,26)(H,21,25)/t11-,13?/m0/s1. The lowest BCUT2D eigenvalue weighted by Crippen LogP contribution is -2.42. The first kappa shape index (κ1) is 22.5. The maximum atomic E-state index is 12.4. The van der Waals surface area contributed by atoms with E-state index in [4.69, 9.17) is 4.74 Å². The lowest BCUT2D eigenvalue weighted by atomic mass is 10.2. The fraction of sp³-hybridized carbons (Fsp3) is 0.368. The number of carbonyl (C=O) groups excluding carboxylic acids is 3. The maximum absolute atomic E-state index is 12.4. The van der Waals surface area contributed by atoms with E-state index in [1.165, 1.54) is 32.0 Å². The van der Waals surface area contributed by atoms with Crippen LogP contribution in [0.2, 0.25) is 0 Å². The normalized spacial score (nSPS) is 12.6. The first-order valence-electron chi connectivity index (χ1n) is 9.08. The summed E-state index contributed by atoms with van der Waals surface area (Å²) in [6, 6.07) is 4.02. The average Bonchev–Trinajstić information content (AvgIpc) is 2.93. The van der Waals surface area contributed by atoms with E-state index < -0.39 is 34.9 Å². The van der Waals surface area contributed by atoms with Crippen molar-refractivity contribution in [2.75, 3.05) is 5.32 Å². The van der Waals surface area contributed by atoms with E-state index in [0.717, 1.165) is 11.8 Å². The molecule has 30 heavy (non-hydrogen) atoms. The molecule has 0 fully saturated rings. The van der Waals surface area contributed by atoms with E-state index in [1.807, 2.05) is 0 Å². The summed E-state index contributed by atoms with van der Waals surface area (Å²) in [5.41, 5.74) is 1.69. The Morgan fingerprint density at radius 1 is 1.23 bits per heavy atom. The molecule has 1 aromatic carbocycles. The number of nitro groups is 1. The van der Waals surface area contributed by atoms with Gasteiger partial charge in [-0.15, -0.1) is 0 Å². The number of nitro benzene ring substituents is 1. The molecule has 2 amide bonds. The Balaban J connectivity index is 1.96. The van der Waals surface area contributed by atoms with Crippen molar-refractivity contribution >= 4 is 29.2 Å². The number of aromatic nitrogens is 2. The Morgan fingerprint density at radius 2 is 1.90 bits per heavy atom. The number of hydrogen-bond donors (Lipinski definition) is 2. The van der Waals surface area contributed by atoms with Crippen LogP contribution in [-0.2, 0) is 21.4 Å². The number of hydrogen-bond acceptors (Lipinski definition) is 7. The zero-order valence-electron chi connectivity index (χ0n) is 17.3. The third kappa shape index (κ3) is 5.19. The van der Waals surface area contributed by atoms with Gasteiger partial charge >= 0.3 is 5.97 Å². The smallest absolute Gasteiger partial charge is 0.329 e. The molecule has 2 atom stereocenters. The molecule has 11 heteroatoms. The van der Waals surface area contributed by atoms with Crippen molar-refractivity contribution < 1.29 is 24.0 Å². The van der Waals surface area contributed by atoms with Gasteiger partial charge in [-0.1, -0.05) is 6.07 Å². The zero-order valence-corrected chi connectivity index (χ0v) is 17.3. The molecule has 0 aliphatic rings. The van der Waals surface area contributed by atoms with Crippen molar-refractivity contribution in [3.05, 3.63) is 51.3 Å². The van der Waals surface area contributed by atoms with Crippen LogP contribution >= 0.6 is 0 Å². The van der Waals surface area contributed by atoms with Crippen molar-refractivity contribution in [3.63, 3.8) is 0 Å². The minimum Gasteiger partial charge on any atom is -0.451 e. The monoisotopic (exact) mass is 417 g/mol. The Kier molecular flexibility index (Phi) is 6.88. The highest BCUT2D eigenvalue weighted by atomic mass is 16.6. The number of nitrogens with zero attached hydrogens (tertiary/aromatic N) is 3. The van der Waals surface area contributed by atoms with Crippen LogP contribution in [0.4, 0.5) is 11.4 Å². The number of carbonyl (C=O) groups is 3. The minimum absolute atomic E-state index is 0.0252. The van der Waals surface area contributed by atoms with E-state index in [2.05, 4.69) is 15.7 Å². The molecule has 0 aliphatic carbocycles. The molecule has 1 heterocycles. The summed E-state index contributed by atoms with van der Waals surface area (Å²) in [6.45, 7) is 6.32. The molecule has 0 saturated carbocycles.